The molecule has 6 heteroatoms. The molecule has 1 heterocycles. The fourth-order valence-corrected chi connectivity index (χ4v) is 4.81. The van der Waals surface area contributed by atoms with Crippen LogP contribution in [0.1, 0.15) is 16.7 Å². The van der Waals surface area contributed by atoms with Crippen LogP contribution in [0.15, 0.2) is 89.6 Å². The molecule has 0 saturated carbocycles. The van der Waals surface area contributed by atoms with Gasteiger partial charge in [-0.1, -0.05) is 84.6 Å². The third-order valence-electron chi connectivity index (χ3n) is 4.55. The standard InChI is InChI=1S/C25H21NO3S2/c1-28-22-14-8-13-20(23(22)29-16-18-9-4-2-5-10-18)15-21-24(27)31-25(26-21)30-17-19-11-6-3-7-12-19/h2-15H,16-17H2,1H3. The Bertz CT molecular complexity index is 1110. The van der Waals surface area contributed by atoms with Crippen molar-refractivity contribution in [3.63, 3.8) is 0 Å². The summed E-state index contributed by atoms with van der Waals surface area (Å²) in [6.45, 7) is 0.404. The van der Waals surface area contributed by atoms with E-state index >= 15 is 0 Å². The van der Waals surface area contributed by atoms with E-state index in [2.05, 4.69) is 17.1 Å². The lowest BCUT2D eigenvalue weighted by Gasteiger charge is -2.13. The van der Waals surface area contributed by atoms with Crippen LogP contribution in [0, 0.1) is 0 Å². The number of carbonyl (C=O) groups excluding carboxylic acids is 1. The van der Waals surface area contributed by atoms with Gasteiger partial charge in [-0.2, -0.15) is 0 Å². The van der Waals surface area contributed by atoms with Crippen LogP contribution in [-0.4, -0.2) is 16.6 Å². The second kappa shape index (κ2) is 10.4. The van der Waals surface area contributed by atoms with Crippen molar-refractivity contribution < 1.29 is 14.3 Å². The largest absolute Gasteiger partial charge is 0.493 e. The predicted octanol–water partition coefficient (Wildman–Crippen LogP) is 6.18. The van der Waals surface area contributed by atoms with Gasteiger partial charge < -0.3 is 9.47 Å². The third-order valence-corrected chi connectivity index (χ3v) is 6.63. The molecule has 0 bridgehead atoms. The van der Waals surface area contributed by atoms with Crippen LogP contribution in [0.4, 0.5) is 0 Å². The van der Waals surface area contributed by atoms with Crippen molar-refractivity contribution in [3.8, 4) is 11.5 Å². The predicted molar refractivity (Wildman–Crippen MR) is 130 cm³/mol. The van der Waals surface area contributed by atoms with Crippen LogP contribution in [0.2, 0.25) is 0 Å². The fraction of sp³-hybridized carbons (Fsp3) is 0.120. The zero-order chi connectivity index (χ0) is 21.5. The van der Waals surface area contributed by atoms with Crippen LogP contribution in [0.25, 0.3) is 6.08 Å². The summed E-state index contributed by atoms with van der Waals surface area (Å²) >= 11 is 2.74. The van der Waals surface area contributed by atoms with Gasteiger partial charge in [0.2, 0.25) is 5.12 Å². The molecule has 0 radical (unpaired) electrons. The highest BCUT2D eigenvalue weighted by atomic mass is 32.2. The maximum absolute atomic E-state index is 12.5. The third kappa shape index (κ3) is 5.60. The molecule has 0 spiro atoms. The topological polar surface area (TPSA) is 47.9 Å². The van der Waals surface area contributed by atoms with E-state index in [1.165, 1.54) is 17.3 Å². The van der Waals surface area contributed by atoms with E-state index in [0.29, 0.717) is 23.8 Å². The minimum Gasteiger partial charge on any atom is -0.493 e. The molecule has 3 aromatic carbocycles. The number of hydrogen-bond acceptors (Lipinski definition) is 6. The summed E-state index contributed by atoms with van der Waals surface area (Å²) in [5.41, 5.74) is 3.43. The van der Waals surface area contributed by atoms with E-state index in [-0.39, 0.29) is 5.12 Å². The number of ether oxygens (including phenoxy) is 2. The fourth-order valence-electron chi connectivity index (χ4n) is 3.01. The highest BCUT2D eigenvalue weighted by Crippen LogP contribution is 2.37. The first-order valence-electron chi connectivity index (χ1n) is 9.76. The molecular weight excluding hydrogens is 426 g/mol. The Labute approximate surface area is 190 Å². The van der Waals surface area contributed by atoms with E-state index in [1.807, 2.05) is 66.7 Å². The van der Waals surface area contributed by atoms with Gasteiger partial charge >= 0.3 is 0 Å². The highest BCUT2D eigenvalue weighted by Gasteiger charge is 2.23. The molecule has 1 aliphatic rings. The van der Waals surface area contributed by atoms with Crippen LogP contribution >= 0.6 is 23.5 Å². The van der Waals surface area contributed by atoms with Crippen molar-refractivity contribution >= 4 is 39.1 Å². The second-order valence-electron chi connectivity index (χ2n) is 6.72. The Morgan fingerprint density at radius 3 is 2.35 bits per heavy atom. The van der Waals surface area contributed by atoms with Gasteiger partial charge in [0.15, 0.2) is 11.5 Å². The number of nitrogens with zero attached hydrogens (tertiary/aromatic N) is 1. The lowest BCUT2D eigenvalue weighted by Crippen LogP contribution is -2.00. The second-order valence-corrected chi connectivity index (χ2v) is 8.91. The van der Waals surface area contributed by atoms with Gasteiger partial charge in [-0.25, -0.2) is 4.99 Å². The number of methoxy groups -OCH3 is 1. The molecule has 1 aliphatic heterocycles. The molecule has 0 amide bonds. The van der Waals surface area contributed by atoms with Crippen LogP contribution in [-0.2, 0) is 17.2 Å². The number of thioether (sulfide) groups is 2. The summed E-state index contributed by atoms with van der Waals surface area (Å²) < 4.78 is 12.3. The number of benzene rings is 3. The van der Waals surface area contributed by atoms with Crippen LogP contribution in [0.5, 0.6) is 11.5 Å². The van der Waals surface area contributed by atoms with Gasteiger partial charge in [0.05, 0.1) is 7.11 Å². The number of hydrogen-bond donors (Lipinski definition) is 0. The SMILES string of the molecule is COc1cccc(C=C2N=C(SCc3ccccc3)SC2=O)c1OCc1ccccc1. The van der Waals surface area contributed by atoms with Crippen LogP contribution < -0.4 is 9.47 Å². The Hall–Kier alpha value is -2.96. The Balaban J connectivity index is 1.54. The molecule has 0 fully saturated rings. The summed E-state index contributed by atoms with van der Waals surface area (Å²) in [5, 5.41) is -0.0626. The van der Waals surface area contributed by atoms with E-state index in [9.17, 15) is 4.79 Å². The molecular formula is C25H21NO3S2. The average Bonchev–Trinajstić information content (AvgIpc) is 3.17. The van der Waals surface area contributed by atoms with Gasteiger partial charge in [0.25, 0.3) is 0 Å². The number of carbonyl (C=O) groups is 1. The van der Waals surface area contributed by atoms with E-state index in [0.717, 1.165) is 21.3 Å². The first kappa shape index (κ1) is 21.3. The summed E-state index contributed by atoms with van der Waals surface area (Å²) in [7, 11) is 1.61. The van der Waals surface area contributed by atoms with Crippen molar-refractivity contribution in [1.29, 1.82) is 0 Å². The zero-order valence-electron chi connectivity index (χ0n) is 17.0. The molecule has 156 valence electrons. The first-order valence-corrected chi connectivity index (χ1v) is 11.6. The minimum absolute atomic E-state index is 0.0626. The van der Waals surface area contributed by atoms with E-state index in [1.54, 1.807) is 24.9 Å². The zero-order valence-corrected chi connectivity index (χ0v) is 18.6. The quantitative estimate of drug-likeness (QED) is 0.405. The molecule has 0 aromatic heterocycles. The van der Waals surface area contributed by atoms with Crippen molar-refractivity contribution in [3.05, 3.63) is 101 Å². The molecule has 0 atom stereocenters. The Morgan fingerprint density at radius 2 is 1.65 bits per heavy atom. The van der Waals surface area contributed by atoms with Gasteiger partial charge in [-0.3, -0.25) is 4.79 Å². The van der Waals surface area contributed by atoms with Gasteiger partial charge in [-0.05, 0) is 35.0 Å². The van der Waals surface area contributed by atoms with Crippen molar-refractivity contribution in [2.75, 3.05) is 7.11 Å². The summed E-state index contributed by atoms with van der Waals surface area (Å²) in [6.07, 6.45) is 1.77. The van der Waals surface area contributed by atoms with Crippen LogP contribution in [0.3, 0.4) is 0 Å². The minimum atomic E-state index is -0.0626. The maximum atomic E-state index is 12.5. The Morgan fingerprint density at radius 1 is 0.935 bits per heavy atom. The summed E-state index contributed by atoms with van der Waals surface area (Å²) in [4.78, 5) is 17.1. The Kier molecular flexibility index (Phi) is 7.12. The van der Waals surface area contributed by atoms with E-state index < -0.39 is 0 Å². The van der Waals surface area contributed by atoms with Crippen molar-refractivity contribution in [1.82, 2.24) is 0 Å². The summed E-state index contributed by atoms with van der Waals surface area (Å²) in [5.74, 6) is 1.99. The monoisotopic (exact) mass is 447 g/mol. The molecule has 4 nitrogen and oxygen atoms in total. The lowest BCUT2D eigenvalue weighted by molar-refractivity contribution is -0.107. The smallest absolute Gasteiger partial charge is 0.244 e. The molecule has 0 unspecified atom stereocenters. The average molecular weight is 448 g/mol. The maximum Gasteiger partial charge on any atom is 0.244 e. The molecule has 31 heavy (non-hydrogen) atoms. The lowest BCUT2D eigenvalue weighted by atomic mass is 10.1. The molecule has 0 aliphatic carbocycles. The number of aliphatic imine (C=N–C) groups is 1. The van der Waals surface area contributed by atoms with Gasteiger partial charge in [-0.15, -0.1) is 0 Å². The number of para-hydroxylation sites is 1. The molecule has 4 rings (SSSR count). The molecule has 0 N–H and O–H groups in total. The normalized spacial score (nSPS) is 14.5. The van der Waals surface area contributed by atoms with Gasteiger partial charge in [0.1, 0.15) is 16.7 Å². The van der Waals surface area contributed by atoms with E-state index in [4.69, 9.17) is 9.47 Å². The van der Waals surface area contributed by atoms with Crippen molar-refractivity contribution in [2.45, 2.75) is 12.4 Å². The molecule has 0 saturated heterocycles. The number of rotatable bonds is 7. The van der Waals surface area contributed by atoms with Crippen molar-refractivity contribution in [2.24, 2.45) is 4.99 Å². The summed E-state index contributed by atoms with van der Waals surface area (Å²) in [6, 6.07) is 25.7. The highest BCUT2D eigenvalue weighted by molar-refractivity contribution is 8.45. The van der Waals surface area contributed by atoms with Gasteiger partial charge in [0, 0.05) is 11.3 Å². The molecule has 3 aromatic rings. The first-order chi connectivity index (χ1) is 15.2.